The highest BCUT2D eigenvalue weighted by atomic mass is 32.2. The molecule has 1 N–H and O–H groups in total. The van der Waals surface area contributed by atoms with E-state index in [2.05, 4.69) is 9.82 Å². The maximum Gasteiger partial charge on any atom is 0.302 e. The quantitative estimate of drug-likeness (QED) is 0.773. The van der Waals surface area contributed by atoms with Gasteiger partial charge in [0.05, 0.1) is 0 Å². The van der Waals surface area contributed by atoms with E-state index in [9.17, 15) is 8.42 Å². The van der Waals surface area contributed by atoms with Crippen LogP contribution >= 0.6 is 0 Å². The van der Waals surface area contributed by atoms with Crippen LogP contribution in [-0.2, 0) is 17.3 Å². The molecule has 0 radical (unpaired) electrons. The van der Waals surface area contributed by atoms with Crippen molar-refractivity contribution in [3.63, 3.8) is 0 Å². The average molecular weight is 218 g/mol. The number of hydrogen-bond acceptors (Lipinski definition) is 3. The van der Waals surface area contributed by atoms with E-state index in [-0.39, 0.29) is 0 Å². The number of aryl methyl sites for hydroxylation is 2. The monoisotopic (exact) mass is 218 g/mol. The van der Waals surface area contributed by atoms with Crippen LogP contribution in [0.15, 0.2) is 6.07 Å². The highest BCUT2D eigenvalue weighted by Crippen LogP contribution is 2.09. The number of anilines is 1. The molecule has 0 aliphatic rings. The third-order valence-corrected chi connectivity index (χ3v) is 3.26. The van der Waals surface area contributed by atoms with Gasteiger partial charge in [0.15, 0.2) is 5.82 Å². The van der Waals surface area contributed by atoms with Crippen molar-refractivity contribution >= 4 is 16.0 Å². The van der Waals surface area contributed by atoms with Gasteiger partial charge in [-0.2, -0.15) is 17.8 Å². The molecule has 0 amide bonds. The van der Waals surface area contributed by atoms with E-state index < -0.39 is 10.2 Å². The summed E-state index contributed by atoms with van der Waals surface area (Å²) in [5.41, 5.74) is 0.890. The van der Waals surface area contributed by atoms with Gasteiger partial charge in [-0.15, -0.1) is 0 Å². The predicted octanol–water partition coefficient (Wildman–Crippen LogP) is -0.0532. The molecule has 0 saturated heterocycles. The summed E-state index contributed by atoms with van der Waals surface area (Å²) in [6.45, 7) is 1.85. The molecule has 0 bridgehead atoms. The van der Waals surface area contributed by atoms with Gasteiger partial charge in [0, 0.05) is 32.9 Å². The molecule has 0 saturated carbocycles. The average Bonchev–Trinajstić information content (AvgIpc) is 2.29. The maximum atomic E-state index is 11.4. The topological polar surface area (TPSA) is 67.2 Å². The number of nitrogens with one attached hydrogen (secondary N) is 1. The van der Waals surface area contributed by atoms with E-state index in [1.165, 1.54) is 14.1 Å². The van der Waals surface area contributed by atoms with Gasteiger partial charge in [-0.1, -0.05) is 0 Å². The molecule has 0 aromatic carbocycles. The molecule has 0 fully saturated rings. The van der Waals surface area contributed by atoms with Crippen LogP contribution in [0.4, 0.5) is 5.82 Å². The van der Waals surface area contributed by atoms with Crippen LogP contribution in [0.3, 0.4) is 0 Å². The highest BCUT2D eigenvalue weighted by Gasteiger charge is 2.14. The van der Waals surface area contributed by atoms with Gasteiger partial charge in [0.2, 0.25) is 0 Å². The Hall–Kier alpha value is -1.08. The molecule has 0 unspecified atom stereocenters. The zero-order valence-corrected chi connectivity index (χ0v) is 9.46. The molecule has 1 heterocycles. The van der Waals surface area contributed by atoms with Gasteiger partial charge in [0.25, 0.3) is 0 Å². The van der Waals surface area contributed by atoms with Crippen LogP contribution in [0, 0.1) is 6.92 Å². The SMILES string of the molecule is Cc1cc(NS(=O)(=O)N(C)C)nn1C. The van der Waals surface area contributed by atoms with Crippen molar-refractivity contribution in [1.82, 2.24) is 14.1 Å². The Morgan fingerprint density at radius 2 is 2.07 bits per heavy atom. The van der Waals surface area contributed by atoms with E-state index in [4.69, 9.17) is 0 Å². The first-order chi connectivity index (χ1) is 6.33. The van der Waals surface area contributed by atoms with Gasteiger partial charge in [0.1, 0.15) is 0 Å². The molecule has 0 aliphatic carbocycles. The van der Waals surface area contributed by atoms with Gasteiger partial charge >= 0.3 is 10.2 Å². The molecular formula is C7H14N4O2S. The van der Waals surface area contributed by atoms with Crippen molar-refractivity contribution in [2.45, 2.75) is 6.92 Å². The first kappa shape index (κ1) is 11.0. The summed E-state index contributed by atoms with van der Waals surface area (Å²) in [6, 6.07) is 1.67. The first-order valence-electron chi connectivity index (χ1n) is 4.04. The zero-order valence-electron chi connectivity index (χ0n) is 8.64. The Labute approximate surface area is 83.7 Å². The number of nitrogens with zero attached hydrogens (tertiary/aromatic N) is 3. The van der Waals surface area contributed by atoms with Crippen LogP contribution < -0.4 is 4.72 Å². The van der Waals surface area contributed by atoms with E-state index >= 15 is 0 Å². The Kier molecular flexibility index (Phi) is 2.81. The summed E-state index contributed by atoms with van der Waals surface area (Å²) >= 11 is 0. The fourth-order valence-corrected chi connectivity index (χ4v) is 1.38. The van der Waals surface area contributed by atoms with Gasteiger partial charge in [-0.3, -0.25) is 9.40 Å². The Morgan fingerprint density at radius 1 is 1.50 bits per heavy atom. The van der Waals surface area contributed by atoms with Crippen LogP contribution in [-0.4, -0.2) is 36.6 Å². The largest absolute Gasteiger partial charge is 0.302 e. The second-order valence-electron chi connectivity index (χ2n) is 3.18. The minimum atomic E-state index is -3.45. The molecule has 0 atom stereocenters. The zero-order chi connectivity index (χ0) is 10.9. The highest BCUT2D eigenvalue weighted by molar-refractivity contribution is 7.90. The molecule has 1 aromatic rings. The molecule has 1 aromatic heterocycles. The van der Waals surface area contributed by atoms with Gasteiger partial charge in [-0.25, -0.2) is 0 Å². The molecule has 6 nitrogen and oxygen atoms in total. The predicted molar refractivity (Wildman–Crippen MR) is 54.2 cm³/mol. The molecule has 80 valence electrons. The number of aromatic nitrogens is 2. The summed E-state index contributed by atoms with van der Waals surface area (Å²) in [7, 11) is 1.22. The van der Waals surface area contributed by atoms with E-state index in [1.807, 2.05) is 6.92 Å². The maximum absolute atomic E-state index is 11.4. The second kappa shape index (κ2) is 3.58. The van der Waals surface area contributed by atoms with Crippen molar-refractivity contribution in [3.8, 4) is 0 Å². The summed E-state index contributed by atoms with van der Waals surface area (Å²) in [4.78, 5) is 0. The number of rotatable bonds is 3. The van der Waals surface area contributed by atoms with Crippen molar-refractivity contribution in [2.24, 2.45) is 7.05 Å². The summed E-state index contributed by atoms with van der Waals surface area (Å²) in [5.74, 6) is 0.332. The third-order valence-electron chi connectivity index (χ3n) is 1.83. The van der Waals surface area contributed by atoms with Crippen molar-refractivity contribution in [2.75, 3.05) is 18.8 Å². The third kappa shape index (κ3) is 2.24. The second-order valence-corrected chi connectivity index (χ2v) is 5.07. The molecular weight excluding hydrogens is 204 g/mol. The van der Waals surface area contributed by atoms with Crippen LogP contribution in [0.2, 0.25) is 0 Å². The summed E-state index contributed by atoms with van der Waals surface area (Å²) in [5, 5.41) is 3.98. The lowest BCUT2D eigenvalue weighted by molar-refractivity contribution is 0.526. The Morgan fingerprint density at radius 3 is 2.43 bits per heavy atom. The van der Waals surface area contributed by atoms with Crippen molar-refractivity contribution < 1.29 is 8.42 Å². The van der Waals surface area contributed by atoms with E-state index in [0.29, 0.717) is 5.82 Å². The summed E-state index contributed by atoms with van der Waals surface area (Å²) < 4.78 is 27.8. The van der Waals surface area contributed by atoms with Crippen molar-refractivity contribution in [1.29, 1.82) is 0 Å². The molecule has 1 rings (SSSR count). The number of hydrogen-bond donors (Lipinski definition) is 1. The van der Waals surface area contributed by atoms with Gasteiger partial charge in [-0.05, 0) is 6.92 Å². The Balaban J connectivity index is 2.90. The lowest BCUT2D eigenvalue weighted by Gasteiger charge is -2.10. The molecule has 7 heteroatoms. The molecule has 0 spiro atoms. The first-order valence-corrected chi connectivity index (χ1v) is 5.48. The molecule has 14 heavy (non-hydrogen) atoms. The normalized spacial score (nSPS) is 12.1. The fraction of sp³-hybridized carbons (Fsp3) is 0.571. The van der Waals surface area contributed by atoms with E-state index in [0.717, 1.165) is 10.00 Å². The van der Waals surface area contributed by atoms with Crippen LogP contribution in [0.1, 0.15) is 5.69 Å². The van der Waals surface area contributed by atoms with Crippen molar-refractivity contribution in [3.05, 3.63) is 11.8 Å². The van der Waals surface area contributed by atoms with E-state index in [1.54, 1.807) is 17.8 Å². The smallest absolute Gasteiger partial charge is 0.271 e. The van der Waals surface area contributed by atoms with Crippen LogP contribution in [0.25, 0.3) is 0 Å². The standard InChI is InChI=1S/C7H14N4O2S/c1-6-5-7(8-11(6)4)9-14(12,13)10(2)3/h5H,1-4H3,(H,8,9). The van der Waals surface area contributed by atoms with Gasteiger partial charge < -0.3 is 0 Å². The summed E-state index contributed by atoms with van der Waals surface area (Å²) in [6.07, 6.45) is 0. The molecule has 0 aliphatic heterocycles. The lowest BCUT2D eigenvalue weighted by atomic mass is 10.5. The van der Waals surface area contributed by atoms with Crippen LogP contribution in [0.5, 0.6) is 0 Å². The minimum absolute atomic E-state index is 0.332. The minimum Gasteiger partial charge on any atom is -0.271 e. The Bertz CT molecular complexity index is 401. The fourth-order valence-electron chi connectivity index (χ4n) is 0.834. The lowest BCUT2D eigenvalue weighted by Crippen LogP contribution is -2.29.